The molecule has 0 aliphatic carbocycles. The van der Waals surface area contributed by atoms with Crippen molar-refractivity contribution in [1.82, 2.24) is 4.90 Å². The van der Waals surface area contributed by atoms with Crippen LogP contribution in [-0.2, 0) is 11.2 Å². The van der Waals surface area contributed by atoms with Crippen molar-refractivity contribution in [3.8, 4) is 0 Å². The van der Waals surface area contributed by atoms with Crippen molar-refractivity contribution >= 4 is 34.5 Å². The second-order valence-corrected chi connectivity index (χ2v) is 8.44. The third-order valence-electron chi connectivity index (χ3n) is 4.98. The second-order valence-electron chi connectivity index (χ2n) is 7.41. The molecule has 5 nitrogen and oxygen atoms in total. The van der Waals surface area contributed by atoms with Crippen molar-refractivity contribution in [2.45, 2.75) is 26.2 Å². The maximum Gasteiger partial charge on any atom is 0.256 e. The van der Waals surface area contributed by atoms with Gasteiger partial charge < -0.3 is 15.1 Å². The first-order chi connectivity index (χ1) is 12.9. The van der Waals surface area contributed by atoms with Crippen LogP contribution in [0.3, 0.4) is 0 Å². The zero-order valence-corrected chi connectivity index (χ0v) is 17.0. The molecule has 0 unspecified atom stereocenters. The predicted molar refractivity (Wildman–Crippen MR) is 112 cm³/mol. The minimum absolute atomic E-state index is 0.0416. The average Bonchev–Trinajstić information content (AvgIpc) is 3.14. The summed E-state index contributed by atoms with van der Waals surface area (Å²) in [6.45, 7) is 3.82. The number of likely N-dealkylation sites (tertiary alicyclic amines) is 1. The summed E-state index contributed by atoms with van der Waals surface area (Å²) < 4.78 is 0. The Balaban J connectivity index is 1.78. The van der Waals surface area contributed by atoms with E-state index in [4.69, 9.17) is 0 Å². The van der Waals surface area contributed by atoms with E-state index >= 15 is 0 Å². The van der Waals surface area contributed by atoms with Gasteiger partial charge in [-0.3, -0.25) is 9.59 Å². The van der Waals surface area contributed by atoms with Crippen molar-refractivity contribution in [1.29, 1.82) is 0 Å². The lowest BCUT2D eigenvalue weighted by Crippen LogP contribution is -2.38. The Kier molecular flexibility index (Phi) is 6.16. The lowest BCUT2D eigenvalue weighted by atomic mass is 9.98. The summed E-state index contributed by atoms with van der Waals surface area (Å²) in [6.07, 6.45) is 2.43. The van der Waals surface area contributed by atoms with E-state index in [1.165, 1.54) is 0 Å². The van der Waals surface area contributed by atoms with Crippen molar-refractivity contribution < 1.29 is 9.59 Å². The Morgan fingerprint density at radius 2 is 1.96 bits per heavy atom. The number of benzene rings is 1. The van der Waals surface area contributed by atoms with Crippen LogP contribution in [0.2, 0.25) is 0 Å². The summed E-state index contributed by atoms with van der Waals surface area (Å²) in [4.78, 5) is 30.3. The van der Waals surface area contributed by atoms with Crippen LogP contribution in [0.5, 0.6) is 0 Å². The molecular formula is C21H27N3O2S. The molecule has 1 N–H and O–H groups in total. The molecule has 1 fully saturated rings. The van der Waals surface area contributed by atoms with Crippen LogP contribution in [0.25, 0.3) is 0 Å². The van der Waals surface area contributed by atoms with Gasteiger partial charge in [0, 0.05) is 43.4 Å². The summed E-state index contributed by atoms with van der Waals surface area (Å²) in [5, 5.41) is 4.89. The number of rotatable bonds is 5. The lowest BCUT2D eigenvalue weighted by molar-refractivity contribution is -0.115. The number of hydrogen-bond donors (Lipinski definition) is 1. The van der Waals surface area contributed by atoms with Crippen molar-refractivity contribution in [2.24, 2.45) is 5.92 Å². The number of piperidine rings is 1. The third kappa shape index (κ3) is 4.89. The predicted octanol–water partition coefficient (Wildman–Crippen LogP) is 3.87. The smallest absolute Gasteiger partial charge is 0.256 e. The molecule has 2 amide bonds. The number of carbonyl (C=O) groups excluding carboxylic acids is 2. The molecule has 27 heavy (non-hydrogen) atoms. The molecule has 1 aliphatic rings. The first kappa shape index (κ1) is 19.4. The summed E-state index contributed by atoms with van der Waals surface area (Å²) >= 11 is 1.57. The molecule has 1 aromatic carbocycles. The fourth-order valence-electron chi connectivity index (χ4n) is 3.33. The molecule has 0 saturated carbocycles. The van der Waals surface area contributed by atoms with Crippen LogP contribution >= 0.6 is 11.3 Å². The van der Waals surface area contributed by atoms with E-state index in [-0.39, 0.29) is 11.8 Å². The average molecular weight is 386 g/mol. The van der Waals surface area contributed by atoms with E-state index in [0.29, 0.717) is 23.6 Å². The summed E-state index contributed by atoms with van der Waals surface area (Å²) in [6, 6.07) is 9.46. The van der Waals surface area contributed by atoms with Gasteiger partial charge in [0.2, 0.25) is 5.91 Å². The van der Waals surface area contributed by atoms with Gasteiger partial charge in [0.1, 0.15) is 0 Å². The van der Waals surface area contributed by atoms with Gasteiger partial charge in [0.15, 0.2) is 0 Å². The molecule has 3 rings (SSSR count). The molecule has 144 valence electrons. The number of amides is 2. The van der Waals surface area contributed by atoms with Crippen LogP contribution in [-0.4, -0.2) is 43.9 Å². The monoisotopic (exact) mass is 385 g/mol. The van der Waals surface area contributed by atoms with Crippen LogP contribution in [0, 0.1) is 5.92 Å². The Labute approximate surface area is 165 Å². The first-order valence-corrected chi connectivity index (χ1v) is 10.2. The molecule has 0 spiro atoms. The fraction of sp³-hybridized carbons (Fsp3) is 0.429. The lowest BCUT2D eigenvalue weighted by Gasteiger charge is -2.31. The van der Waals surface area contributed by atoms with E-state index in [1.807, 2.05) is 59.6 Å². The molecule has 1 saturated heterocycles. The fourth-order valence-corrected chi connectivity index (χ4v) is 4.04. The summed E-state index contributed by atoms with van der Waals surface area (Å²) in [5.41, 5.74) is 2.18. The number of nitrogens with one attached hydrogen (secondary N) is 1. The molecular weight excluding hydrogens is 358 g/mol. The standard InChI is InChI=1S/C21H27N3O2S/c1-15-8-10-24(11-9-15)21(26)18-13-16(6-7-19(18)23(2)3)22-20(25)14-17-5-4-12-27-17/h4-7,12-13,15H,8-11,14H2,1-3H3,(H,22,25). The van der Waals surface area contributed by atoms with Gasteiger partial charge in [-0.05, 0) is 48.4 Å². The second kappa shape index (κ2) is 8.57. The zero-order valence-electron chi connectivity index (χ0n) is 16.2. The van der Waals surface area contributed by atoms with Gasteiger partial charge in [0.25, 0.3) is 5.91 Å². The van der Waals surface area contributed by atoms with E-state index in [9.17, 15) is 9.59 Å². The van der Waals surface area contributed by atoms with Crippen LogP contribution in [0.1, 0.15) is 35.0 Å². The maximum atomic E-state index is 13.1. The van der Waals surface area contributed by atoms with E-state index in [0.717, 1.165) is 36.5 Å². The summed E-state index contributed by atoms with van der Waals surface area (Å²) in [7, 11) is 3.86. The molecule has 0 bridgehead atoms. The van der Waals surface area contributed by atoms with Crippen molar-refractivity contribution in [2.75, 3.05) is 37.4 Å². The number of hydrogen-bond acceptors (Lipinski definition) is 4. The Morgan fingerprint density at radius 3 is 2.59 bits per heavy atom. The number of nitrogens with zero attached hydrogens (tertiary/aromatic N) is 2. The number of anilines is 2. The van der Waals surface area contributed by atoms with Gasteiger partial charge >= 0.3 is 0 Å². The van der Waals surface area contributed by atoms with Crippen LogP contribution < -0.4 is 10.2 Å². The highest BCUT2D eigenvalue weighted by molar-refractivity contribution is 7.10. The maximum absolute atomic E-state index is 13.1. The zero-order chi connectivity index (χ0) is 19.4. The largest absolute Gasteiger partial charge is 0.377 e. The first-order valence-electron chi connectivity index (χ1n) is 9.37. The van der Waals surface area contributed by atoms with Crippen LogP contribution in [0.15, 0.2) is 35.7 Å². The number of thiophene rings is 1. The molecule has 1 aromatic heterocycles. The van der Waals surface area contributed by atoms with Crippen molar-refractivity contribution in [3.63, 3.8) is 0 Å². The molecule has 2 aromatic rings. The minimum atomic E-state index is -0.0692. The van der Waals surface area contributed by atoms with E-state index in [2.05, 4.69) is 12.2 Å². The van der Waals surface area contributed by atoms with Crippen LogP contribution in [0.4, 0.5) is 11.4 Å². The quantitative estimate of drug-likeness (QED) is 0.850. The number of carbonyl (C=O) groups is 2. The Hall–Kier alpha value is -2.34. The van der Waals surface area contributed by atoms with E-state index < -0.39 is 0 Å². The molecule has 1 aliphatic heterocycles. The summed E-state index contributed by atoms with van der Waals surface area (Å²) in [5.74, 6) is 0.644. The highest BCUT2D eigenvalue weighted by Gasteiger charge is 2.24. The van der Waals surface area contributed by atoms with Crippen molar-refractivity contribution in [3.05, 3.63) is 46.2 Å². The molecule has 0 radical (unpaired) electrons. The highest BCUT2D eigenvalue weighted by Crippen LogP contribution is 2.27. The van der Waals surface area contributed by atoms with E-state index in [1.54, 1.807) is 11.3 Å². The van der Waals surface area contributed by atoms with Gasteiger partial charge in [-0.2, -0.15) is 0 Å². The highest BCUT2D eigenvalue weighted by atomic mass is 32.1. The topological polar surface area (TPSA) is 52.7 Å². The molecule has 0 atom stereocenters. The van der Waals surface area contributed by atoms with Gasteiger partial charge in [-0.1, -0.05) is 13.0 Å². The van der Waals surface area contributed by atoms with Gasteiger partial charge in [0.05, 0.1) is 12.0 Å². The molecule has 2 heterocycles. The Bertz CT molecular complexity index is 794. The third-order valence-corrected chi connectivity index (χ3v) is 5.85. The molecule has 6 heteroatoms. The van der Waals surface area contributed by atoms with Gasteiger partial charge in [-0.25, -0.2) is 0 Å². The normalized spacial score (nSPS) is 14.9. The SMILES string of the molecule is CC1CCN(C(=O)c2cc(NC(=O)Cc3cccs3)ccc2N(C)C)CC1. The minimum Gasteiger partial charge on any atom is -0.377 e. The Morgan fingerprint density at radius 1 is 1.22 bits per heavy atom. The van der Waals surface area contributed by atoms with Gasteiger partial charge in [-0.15, -0.1) is 11.3 Å².